The van der Waals surface area contributed by atoms with Crippen LogP contribution in [-0.2, 0) is 4.84 Å². The number of benzene rings is 2. The summed E-state index contributed by atoms with van der Waals surface area (Å²) in [5.74, 6) is -0.0837. The van der Waals surface area contributed by atoms with E-state index in [-0.39, 0.29) is 5.78 Å². The number of carbonyl (C=O) groups excluding carboxylic acids is 1. The molecule has 26 heavy (non-hydrogen) atoms. The first-order chi connectivity index (χ1) is 12.7. The molecule has 136 valence electrons. The first-order valence-corrected chi connectivity index (χ1v) is 9.77. The van der Waals surface area contributed by atoms with Gasteiger partial charge in [-0.05, 0) is 49.2 Å². The maximum absolute atomic E-state index is 12.7. The number of hydrogen-bond acceptors (Lipinski definition) is 4. The van der Waals surface area contributed by atoms with Crippen molar-refractivity contribution in [3.63, 3.8) is 0 Å². The summed E-state index contributed by atoms with van der Waals surface area (Å²) in [4.78, 5) is 19.9. The third kappa shape index (κ3) is 6.52. The lowest BCUT2D eigenvalue weighted by molar-refractivity contribution is 0.105. The third-order valence-electron chi connectivity index (χ3n) is 3.86. The van der Waals surface area contributed by atoms with E-state index >= 15 is 0 Å². The van der Waals surface area contributed by atoms with Gasteiger partial charge >= 0.3 is 0 Å². The van der Waals surface area contributed by atoms with Gasteiger partial charge in [-0.2, -0.15) is 0 Å². The standard InChI is InChI=1S/C22H25NO2S/c1-3-5-6-10-13-21(23-25-4-2)22(24)18-14-16-20(17-15-18)26-19-11-8-7-9-12-19/h4,7-9,11-12,14-17H,2-3,5-6,10,13H2,1H3/b23-21-. The molecule has 0 fully saturated rings. The van der Waals surface area contributed by atoms with Gasteiger partial charge in [0.05, 0.1) is 0 Å². The van der Waals surface area contributed by atoms with Crippen LogP contribution >= 0.6 is 11.8 Å². The number of Topliss-reactive ketones (excluding diaryl/α,β-unsaturated/α-hetero) is 1. The van der Waals surface area contributed by atoms with E-state index in [9.17, 15) is 4.79 Å². The quantitative estimate of drug-likeness (QED) is 0.149. The van der Waals surface area contributed by atoms with Crippen LogP contribution in [0.3, 0.4) is 0 Å². The first kappa shape index (κ1) is 20.0. The molecule has 0 aliphatic heterocycles. The summed E-state index contributed by atoms with van der Waals surface area (Å²) in [6.07, 6.45) is 6.19. The van der Waals surface area contributed by atoms with Crippen molar-refractivity contribution in [2.45, 2.75) is 48.8 Å². The molecule has 0 saturated carbocycles. The van der Waals surface area contributed by atoms with E-state index in [0.717, 1.165) is 30.6 Å². The van der Waals surface area contributed by atoms with Gasteiger partial charge in [0.15, 0.2) is 0 Å². The zero-order valence-corrected chi connectivity index (χ0v) is 16.0. The van der Waals surface area contributed by atoms with Crippen LogP contribution in [0.1, 0.15) is 49.4 Å². The monoisotopic (exact) mass is 367 g/mol. The van der Waals surface area contributed by atoms with E-state index in [0.29, 0.717) is 17.7 Å². The summed E-state index contributed by atoms with van der Waals surface area (Å²) in [5, 5.41) is 3.95. The Hall–Kier alpha value is -2.33. The molecule has 0 amide bonds. The number of unbranched alkanes of at least 4 members (excludes halogenated alkanes) is 3. The topological polar surface area (TPSA) is 38.7 Å². The van der Waals surface area contributed by atoms with Gasteiger partial charge in [0.2, 0.25) is 5.78 Å². The molecule has 0 bridgehead atoms. The molecule has 4 heteroatoms. The predicted molar refractivity (Wildman–Crippen MR) is 109 cm³/mol. The van der Waals surface area contributed by atoms with E-state index < -0.39 is 0 Å². The lowest BCUT2D eigenvalue weighted by Gasteiger charge is -2.06. The average Bonchev–Trinajstić information content (AvgIpc) is 2.68. The molecule has 0 aliphatic carbocycles. The van der Waals surface area contributed by atoms with Crippen LogP contribution in [0.5, 0.6) is 0 Å². The Morgan fingerprint density at radius 1 is 1.04 bits per heavy atom. The molecule has 0 unspecified atom stereocenters. The highest BCUT2D eigenvalue weighted by atomic mass is 32.2. The zero-order chi connectivity index (χ0) is 18.6. The highest BCUT2D eigenvalue weighted by molar-refractivity contribution is 7.99. The van der Waals surface area contributed by atoms with Gasteiger partial charge in [0.1, 0.15) is 12.0 Å². The molecule has 0 radical (unpaired) electrons. The Balaban J connectivity index is 2.03. The smallest absolute Gasteiger partial charge is 0.210 e. The van der Waals surface area contributed by atoms with Gasteiger partial charge in [0, 0.05) is 15.4 Å². The van der Waals surface area contributed by atoms with Gasteiger partial charge in [-0.1, -0.05) is 67.9 Å². The SMILES string of the molecule is C=CO/N=C(/CCCCCC)C(=O)c1ccc(Sc2ccccc2)cc1. The third-order valence-corrected chi connectivity index (χ3v) is 4.88. The van der Waals surface area contributed by atoms with Gasteiger partial charge < -0.3 is 4.84 Å². The van der Waals surface area contributed by atoms with Crippen molar-refractivity contribution >= 4 is 23.3 Å². The van der Waals surface area contributed by atoms with E-state index in [1.54, 1.807) is 11.8 Å². The minimum atomic E-state index is -0.0837. The van der Waals surface area contributed by atoms with Crippen molar-refractivity contribution in [3.8, 4) is 0 Å². The van der Waals surface area contributed by atoms with Crippen LogP contribution < -0.4 is 0 Å². The second-order valence-electron chi connectivity index (χ2n) is 5.89. The summed E-state index contributed by atoms with van der Waals surface area (Å²) in [5.41, 5.74) is 1.08. The van der Waals surface area contributed by atoms with Crippen molar-refractivity contribution in [1.29, 1.82) is 0 Å². The minimum Gasteiger partial charge on any atom is -0.365 e. The number of ketones is 1. The lowest BCUT2D eigenvalue weighted by Crippen LogP contribution is -2.15. The van der Waals surface area contributed by atoms with Crippen LogP contribution in [-0.4, -0.2) is 11.5 Å². The largest absolute Gasteiger partial charge is 0.365 e. The van der Waals surface area contributed by atoms with Crippen molar-refractivity contribution in [2.24, 2.45) is 5.16 Å². The Bertz CT molecular complexity index is 724. The van der Waals surface area contributed by atoms with Gasteiger partial charge in [-0.25, -0.2) is 0 Å². The van der Waals surface area contributed by atoms with Crippen LogP contribution in [0.15, 0.2) is 82.4 Å². The molecule has 0 spiro atoms. The number of oxime groups is 1. The molecule has 3 nitrogen and oxygen atoms in total. The second kappa shape index (κ2) is 11.3. The fourth-order valence-electron chi connectivity index (χ4n) is 2.49. The molecule has 0 heterocycles. The zero-order valence-electron chi connectivity index (χ0n) is 15.2. The fraction of sp³-hybridized carbons (Fsp3) is 0.273. The summed E-state index contributed by atoms with van der Waals surface area (Å²) in [7, 11) is 0. The molecular formula is C22H25NO2S. The van der Waals surface area contributed by atoms with E-state index in [1.165, 1.54) is 11.2 Å². The Morgan fingerprint density at radius 3 is 2.38 bits per heavy atom. The normalized spacial score (nSPS) is 11.2. The minimum absolute atomic E-state index is 0.0837. The van der Waals surface area contributed by atoms with Gasteiger partial charge in [-0.3, -0.25) is 4.79 Å². The van der Waals surface area contributed by atoms with Gasteiger partial charge in [0.25, 0.3) is 0 Å². The number of nitrogens with zero attached hydrogens (tertiary/aromatic N) is 1. The van der Waals surface area contributed by atoms with Crippen LogP contribution in [0, 0.1) is 0 Å². The van der Waals surface area contributed by atoms with Crippen molar-refractivity contribution < 1.29 is 9.63 Å². The lowest BCUT2D eigenvalue weighted by atomic mass is 10.0. The van der Waals surface area contributed by atoms with Crippen LogP contribution in [0.2, 0.25) is 0 Å². The molecule has 0 N–H and O–H groups in total. The molecule has 0 aliphatic rings. The molecule has 2 aromatic rings. The Morgan fingerprint density at radius 2 is 1.73 bits per heavy atom. The summed E-state index contributed by atoms with van der Waals surface area (Å²) >= 11 is 1.67. The average molecular weight is 368 g/mol. The van der Waals surface area contributed by atoms with E-state index in [1.807, 2.05) is 42.5 Å². The van der Waals surface area contributed by atoms with Crippen LogP contribution in [0.25, 0.3) is 0 Å². The van der Waals surface area contributed by atoms with Crippen LogP contribution in [0.4, 0.5) is 0 Å². The Labute approximate surface area is 160 Å². The Kier molecular flexibility index (Phi) is 8.70. The van der Waals surface area contributed by atoms with E-state index in [4.69, 9.17) is 4.84 Å². The molecule has 2 aromatic carbocycles. The molecule has 2 rings (SSSR count). The number of carbonyl (C=O) groups is 1. The highest BCUT2D eigenvalue weighted by Crippen LogP contribution is 2.27. The predicted octanol–water partition coefficient (Wildman–Crippen LogP) is 6.51. The summed E-state index contributed by atoms with van der Waals surface area (Å²) in [6, 6.07) is 17.8. The fourth-order valence-corrected chi connectivity index (χ4v) is 3.32. The first-order valence-electron chi connectivity index (χ1n) is 8.96. The summed E-state index contributed by atoms with van der Waals surface area (Å²) < 4.78 is 0. The maximum Gasteiger partial charge on any atom is 0.210 e. The summed E-state index contributed by atoms with van der Waals surface area (Å²) in [6.45, 7) is 5.65. The highest BCUT2D eigenvalue weighted by Gasteiger charge is 2.15. The number of hydrogen-bond donors (Lipinski definition) is 0. The van der Waals surface area contributed by atoms with Gasteiger partial charge in [-0.15, -0.1) is 0 Å². The number of rotatable bonds is 11. The van der Waals surface area contributed by atoms with Crippen molar-refractivity contribution in [2.75, 3.05) is 0 Å². The van der Waals surface area contributed by atoms with Crippen molar-refractivity contribution in [1.82, 2.24) is 0 Å². The molecular weight excluding hydrogens is 342 g/mol. The molecule has 0 atom stereocenters. The molecule has 0 aromatic heterocycles. The van der Waals surface area contributed by atoms with E-state index in [2.05, 4.69) is 30.8 Å². The maximum atomic E-state index is 12.7. The van der Waals surface area contributed by atoms with Crippen molar-refractivity contribution in [3.05, 3.63) is 73.0 Å². The second-order valence-corrected chi connectivity index (χ2v) is 7.04. The molecule has 0 saturated heterocycles.